The summed E-state index contributed by atoms with van der Waals surface area (Å²) in [6.45, 7) is 5.62. The third-order valence-electron chi connectivity index (χ3n) is 4.05. The molecule has 1 aromatic carbocycles. The number of aliphatic carboxylic acids is 1. The van der Waals surface area contributed by atoms with E-state index in [1.54, 1.807) is 6.92 Å². The molecular formula is C17H24O8. The molecule has 1 aliphatic heterocycles. The highest BCUT2D eigenvalue weighted by Gasteiger charge is 2.47. The lowest BCUT2D eigenvalue weighted by Crippen LogP contribution is -2.60. The first kappa shape index (κ1) is 19.6. The Morgan fingerprint density at radius 1 is 1.16 bits per heavy atom. The van der Waals surface area contributed by atoms with Crippen LogP contribution in [0.4, 0.5) is 0 Å². The van der Waals surface area contributed by atoms with E-state index in [1.165, 1.54) is 0 Å². The van der Waals surface area contributed by atoms with Crippen molar-refractivity contribution in [2.45, 2.75) is 57.6 Å². The summed E-state index contributed by atoms with van der Waals surface area (Å²) in [6.07, 6.45) is -8.64. The van der Waals surface area contributed by atoms with Gasteiger partial charge in [-0.25, -0.2) is 4.79 Å². The summed E-state index contributed by atoms with van der Waals surface area (Å²) >= 11 is 0. The zero-order valence-corrected chi connectivity index (χ0v) is 14.3. The maximum absolute atomic E-state index is 11.1. The monoisotopic (exact) mass is 356 g/mol. The molecule has 1 heterocycles. The van der Waals surface area contributed by atoms with Crippen LogP contribution >= 0.6 is 0 Å². The molecule has 0 aliphatic carbocycles. The Morgan fingerprint density at radius 3 is 2.32 bits per heavy atom. The highest BCUT2D eigenvalue weighted by Crippen LogP contribution is 2.25. The molecule has 1 saturated heterocycles. The molecule has 8 nitrogen and oxygen atoms in total. The molecule has 1 fully saturated rings. The summed E-state index contributed by atoms with van der Waals surface area (Å²) in [6, 6.07) is 5.75. The van der Waals surface area contributed by atoms with Gasteiger partial charge in [0.25, 0.3) is 0 Å². The molecule has 0 radical (unpaired) electrons. The van der Waals surface area contributed by atoms with Crippen LogP contribution in [0.25, 0.3) is 0 Å². The Bertz CT molecular complexity index is 584. The predicted molar refractivity (Wildman–Crippen MR) is 86.3 cm³/mol. The molecule has 140 valence electrons. The van der Waals surface area contributed by atoms with E-state index < -0.39 is 42.8 Å². The lowest BCUT2D eigenvalue weighted by atomic mass is 9.99. The van der Waals surface area contributed by atoms with Gasteiger partial charge < -0.3 is 34.6 Å². The van der Waals surface area contributed by atoms with Gasteiger partial charge in [-0.15, -0.1) is 0 Å². The molecule has 8 heteroatoms. The fourth-order valence-electron chi connectivity index (χ4n) is 2.66. The highest BCUT2D eigenvalue weighted by atomic mass is 16.7. The number of benzene rings is 1. The molecule has 1 aliphatic rings. The molecule has 1 aromatic rings. The molecule has 0 saturated carbocycles. The Balaban J connectivity index is 1.97. The third-order valence-corrected chi connectivity index (χ3v) is 4.05. The van der Waals surface area contributed by atoms with Crippen LogP contribution in [0.1, 0.15) is 18.1 Å². The quantitative estimate of drug-likeness (QED) is 0.560. The summed E-state index contributed by atoms with van der Waals surface area (Å²) < 4.78 is 16.3. The zero-order valence-electron chi connectivity index (χ0n) is 14.3. The van der Waals surface area contributed by atoms with Crippen molar-refractivity contribution >= 4 is 5.97 Å². The van der Waals surface area contributed by atoms with E-state index in [4.69, 9.17) is 19.3 Å². The van der Waals surface area contributed by atoms with Crippen LogP contribution in [0, 0.1) is 13.8 Å². The molecule has 0 spiro atoms. The van der Waals surface area contributed by atoms with Gasteiger partial charge in [-0.1, -0.05) is 18.2 Å². The van der Waals surface area contributed by atoms with Crippen molar-refractivity contribution in [3.63, 3.8) is 0 Å². The van der Waals surface area contributed by atoms with Crippen LogP contribution in [0.5, 0.6) is 5.75 Å². The van der Waals surface area contributed by atoms with Crippen molar-refractivity contribution in [2.75, 3.05) is 6.61 Å². The van der Waals surface area contributed by atoms with E-state index in [1.807, 2.05) is 32.0 Å². The number of rotatable bonds is 6. The average molecular weight is 356 g/mol. The second-order valence-corrected chi connectivity index (χ2v) is 6.21. The van der Waals surface area contributed by atoms with Gasteiger partial charge in [-0.3, -0.25) is 0 Å². The Morgan fingerprint density at radius 2 is 1.76 bits per heavy atom. The van der Waals surface area contributed by atoms with Gasteiger partial charge in [0, 0.05) is 0 Å². The molecule has 4 N–H and O–H groups in total. The minimum absolute atomic E-state index is 0.134. The summed E-state index contributed by atoms with van der Waals surface area (Å²) in [5.41, 5.74) is 1.93. The van der Waals surface area contributed by atoms with E-state index >= 15 is 0 Å². The third kappa shape index (κ3) is 4.47. The fourth-order valence-corrected chi connectivity index (χ4v) is 2.66. The van der Waals surface area contributed by atoms with Gasteiger partial charge in [-0.05, 0) is 31.9 Å². The van der Waals surface area contributed by atoms with Gasteiger partial charge in [0.05, 0.1) is 6.10 Å². The molecule has 2 rings (SSSR count). The van der Waals surface area contributed by atoms with Crippen LogP contribution in [0.15, 0.2) is 18.2 Å². The molecule has 0 amide bonds. The van der Waals surface area contributed by atoms with Crippen molar-refractivity contribution in [1.82, 2.24) is 0 Å². The zero-order chi connectivity index (χ0) is 18.7. The van der Waals surface area contributed by atoms with Gasteiger partial charge in [-0.2, -0.15) is 0 Å². The summed E-state index contributed by atoms with van der Waals surface area (Å²) in [5.74, 6) is -0.728. The van der Waals surface area contributed by atoms with Crippen LogP contribution in [0.2, 0.25) is 0 Å². The predicted octanol–water partition coefficient (Wildman–Crippen LogP) is -0.0205. The van der Waals surface area contributed by atoms with Gasteiger partial charge >= 0.3 is 5.97 Å². The number of hydrogen-bond donors (Lipinski definition) is 4. The first-order valence-corrected chi connectivity index (χ1v) is 7.99. The summed E-state index contributed by atoms with van der Waals surface area (Å²) in [7, 11) is 0. The number of aliphatic hydroxyl groups is 3. The van der Waals surface area contributed by atoms with Crippen LogP contribution in [-0.2, 0) is 14.3 Å². The van der Waals surface area contributed by atoms with E-state index in [9.17, 15) is 20.1 Å². The van der Waals surface area contributed by atoms with Gasteiger partial charge in [0.2, 0.25) is 0 Å². The van der Waals surface area contributed by atoms with Crippen LogP contribution in [0.3, 0.4) is 0 Å². The van der Waals surface area contributed by atoms with Crippen molar-refractivity contribution < 1.29 is 39.4 Å². The first-order chi connectivity index (χ1) is 11.7. The number of carbonyl (C=O) groups is 1. The van der Waals surface area contributed by atoms with E-state index in [0.717, 1.165) is 16.9 Å². The van der Waals surface area contributed by atoms with Gasteiger partial charge in [0.1, 0.15) is 30.7 Å². The SMILES string of the molecule is Cc1cccc(C)c1OCC(C)OC1O[C@H](C(=O)O)[C@@H](O)[C@H](O)[C@H]1O. The number of carboxylic acid groups (broad SMARTS) is 1. The number of hydrogen-bond acceptors (Lipinski definition) is 7. The lowest BCUT2D eigenvalue weighted by molar-refractivity contribution is -0.304. The van der Waals surface area contributed by atoms with Crippen molar-refractivity contribution in [1.29, 1.82) is 0 Å². The summed E-state index contributed by atoms with van der Waals surface area (Å²) in [4.78, 5) is 11.1. The minimum Gasteiger partial charge on any atom is -0.490 e. The van der Waals surface area contributed by atoms with E-state index in [2.05, 4.69) is 0 Å². The minimum atomic E-state index is -1.74. The smallest absolute Gasteiger partial charge is 0.335 e. The number of carboxylic acids is 1. The van der Waals surface area contributed by atoms with Crippen LogP contribution < -0.4 is 4.74 Å². The second kappa shape index (κ2) is 8.11. The standard InChI is InChI=1S/C17H24O8/c1-8-5-4-6-9(2)14(8)23-7-10(3)24-17-13(20)11(18)12(19)15(25-17)16(21)22/h4-6,10-13,15,17-20H,7H2,1-3H3,(H,21,22)/t10?,11-,12-,13+,15-,17?/m0/s1. The molecule has 6 atom stereocenters. The average Bonchev–Trinajstić information content (AvgIpc) is 2.54. The largest absolute Gasteiger partial charge is 0.490 e. The van der Waals surface area contributed by atoms with E-state index in [0.29, 0.717) is 0 Å². The number of aryl methyl sites for hydroxylation is 2. The maximum atomic E-state index is 11.1. The first-order valence-electron chi connectivity index (χ1n) is 7.99. The second-order valence-electron chi connectivity index (χ2n) is 6.21. The molecule has 2 unspecified atom stereocenters. The maximum Gasteiger partial charge on any atom is 0.335 e. The molecule has 0 aromatic heterocycles. The molecule has 25 heavy (non-hydrogen) atoms. The number of ether oxygens (including phenoxy) is 3. The van der Waals surface area contributed by atoms with E-state index in [-0.39, 0.29) is 6.61 Å². The lowest BCUT2D eigenvalue weighted by Gasteiger charge is -2.39. The van der Waals surface area contributed by atoms with Crippen molar-refractivity contribution in [3.05, 3.63) is 29.3 Å². The highest BCUT2D eigenvalue weighted by molar-refractivity contribution is 5.73. The van der Waals surface area contributed by atoms with Crippen molar-refractivity contribution in [3.8, 4) is 5.75 Å². The fraction of sp³-hybridized carbons (Fsp3) is 0.588. The molecule has 0 bridgehead atoms. The van der Waals surface area contributed by atoms with Crippen LogP contribution in [-0.4, -0.2) is 69.8 Å². The normalized spacial score (nSPS) is 30.7. The molecular weight excluding hydrogens is 332 g/mol. The number of aliphatic hydroxyl groups excluding tert-OH is 3. The van der Waals surface area contributed by atoms with Crippen molar-refractivity contribution in [2.24, 2.45) is 0 Å². The Labute approximate surface area is 145 Å². The Kier molecular flexibility index (Phi) is 6.36. The Hall–Kier alpha value is -1.71. The van der Waals surface area contributed by atoms with Gasteiger partial charge in [0.15, 0.2) is 12.4 Å². The topological polar surface area (TPSA) is 126 Å². The number of para-hydroxylation sites is 1. The summed E-state index contributed by atoms with van der Waals surface area (Å²) in [5, 5.41) is 38.4.